The van der Waals surface area contributed by atoms with Crippen molar-refractivity contribution < 1.29 is 9.84 Å². The van der Waals surface area contributed by atoms with E-state index >= 15 is 0 Å². The van der Waals surface area contributed by atoms with Gasteiger partial charge in [0.1, 0.15) is 0 Å². The molecular formula is C12H23NO2. The van der Waals surface area contributed by atoms with Crippen LogP contribution in [0.5, 0.6) is 0 Å². The molecule has 0 aromatic rings. The second kappa shape index (κ2) is 6.99. The molecule has 0 radical (unpaired) electrons. The first kappa shape index (κ1) is 12.7. The molecule has 0 aromatic heterocycles. The minimum atomic E-state index is -0.350. The van der Waals surface area contributed by atoms with Gasteiger partial charge in [-0.2, -0.15) is 0 Å². The van der Waals surface area contributed by atoms with Gasteiger partial charge >= 0.3 is 0 Å². The summed E-state index contributed by atoms with van der Waals surface area (Å²) in [5, 5.41) is 9.44. The van der Waals surface area contributed by atoms with Crippen molar-refractivity contribution >= 4 is 0 Å². The van der Waals surface area contributed by atoms with Crippen molar-refractivity contribution in [3.63, 3.8) is 0 Å². The number of rotatable bonds is 5. The second-order valence-corrected chi connectivity index (χ2v) is 4.41. The van der Waals surface area contributed by atoms with E-state index in [-0.39, 0.29) is 6.10 Å². The molecule has 0 amide bonds. The minimum Gasteiger partial charge on any atom is -0.390 e. The van der Waals surface area contributed by atoms with Crippen LogP contribution in [0.25, 0.3) is 0 Å². The number of likely N-dealkylation sites (tertiary alicyclic amines) is 1. The van der Waals surface area contributed by atoms with Crippen LogP contribution in [0.1, 0.15) is 19.3 Å². The molecule has 1 aliphatic heterocycles. The van der Waals surface area contributed by atoms with Crippen molar-refractivity contribution in [2.75, 3.05) is 33.9 Å². The first-order valence-electron chi connectivity index (χ1n) is 5.74. The highest BCUT2D eigenvalue weighted by molar-refractivity contribution is 4.92. The summed E-state index contributed by atoms with van der Waals surface area (Å²) in [6.45, 7) is 2.81. The lowest BCUT2D eigenvalue weighted by Gasteiger charge is -2.27. The number of methoxy groups -OCH3 is 1. The van der Waals surface area contributed by atoms with Gasteiger partial charge in [-0.05, 0) is 45.3 Å². The van der Waals surface area contributed by atoms with Crippen molar-refractivity contribution in [3.8, 4) is 0 Å². The highest BCUT2D eigenvalue weighted by Gasteiger charge is 2.13. The van der Waals surface area contributed by atoms with Crippen LogP contribution in [-0.2, 0) is 4.74 Å². The molecule has 1 aliphatic rings. The quantitative estimate of drug-likeness (QED) is 0.698. The third-order valence-electron chi connectivity index (χ3n) is 2.94. The van der Waals surface area contributed by atoms with Gasteiger partial charge in [-0.3, -0.25) is 0 Å². The Morgan fingerprint density at radius 1 is 1.47 bits per heavy atom. The third kappa shape index (κ3) is 5.30. The average molecular weight is 213 g/mol. The Morgan fingerprint density at radius 2 is 2.13 bits per heavy atom. The van der Waals surface area contributed by atoms with Crippen LogP contribution >= 0.6 is 0 Å². The largest absolute Gasteiger partial charge is 0.390 e. The molecule has 0 aromatic carbocycles. The van der Waals surface area contributed by atoms with E-state index in [0.29, 0.717) is 18.9 Å². The Morgan fingerprint density at radius 3 is 2.73 bits per heavy atom. The Bertz CT molecular complexity index is 186. The van der Waals surface area contributed by atoms with Gasteiger partial charge in [0.05, 0.1) is 12.7 Å². The lowest BCUT2D eigenvalue weighted by Crippen LogP contribution is -2.29. The van der Waals surface area contributed by atoms with E-state index in [1.54, 1.807) is 7.11 Å². The Hall–Kier alpha value is -0.380. The zero-order chi connectivity index (χ0) is 11.1. The van der Waals surface area contributed by atoms with Gasteiger partial charge < -0.3 is 14.7 Å². The number of allylic oxidation sites excluding steroid dienone is 1. The summed E-state index contributed by atoms with van der Waals surface area (Å²) in [6, 6.07) is 0. The van der Waals surface area contributed by atoms with Crippen LogP contribution in [0.2, 0.25) is 0 Å². The maximum absolute atomic E-state index is 9.44. The lowest BCUT2D eigenvalue weighted by molar-refractivity contribution is 0.0666. The van der Waals surface area contributed by atoms with Crippen LogP contribution in [-0.4, -0.2) is 50.0 Å². The molecule has 15 heavy (non-hydrogen) atoms. The minimum absolute atomic E-state index is 0.350. The highest BCUT2D eigenvalue weighted by atomic mass is 16.5. The van der Waals surface area contributed by atoms with Gasteiger partial charge in [0.25, 0.3) is 0 Å². The van der Waals surface area contributed by atoms with Crippen molar-refractivity contribution in [1.29, 1.82) is 0 Å². The molecule has 0 aliphatic carbocycles. The van der Waals surface area contributed by atoms with Crippen molar-refractivity contribution in [2.45, 2.75) is 25.4 Å². The highest BCUT2D eigenvalue weighted by Crippen LogP contribution is 2.17. The van der Waals surface area contributed by atoms with Gasteiger partial charge in [0.2, 0.25) is 0 Å². The SMILES string of the molecule is COCC(O)C/C=C\C1CCN(C)CC1. The number of ether oxygens (including phenoxy) is 1. The standard InChI is InChI=1S/C12H23NO2/c1-13-8-6-11(7-9-13)4-3-5-12(14)10-15-2/h3-4,11-12,14H,5-10H2,1-2H3/b4-3-. The van der Waals surface area contributed by atoms with E-state index in [2.05, 4.69) is 24.1 Å². The molecule has 88 valence electrons. The van der Waals surface area contributed by atoms with Crippen molar-refractivity contribution in [2.24, 2.45) is 5.92 Å². The maximum Gasteiger partial charge on any atom is 0.0807 e. The van der Waals surface area contributed by atoms with Crippen molar-refractivity contribution in [1.82, 2.24) is 4.90 Å². The molecule has 3 nitrogen and oxygen atoms in total. The zero-order valence-electron chi connectivity index (χ0n) is 9.85. The Kier molecular flexibility index (Phi) is 5.91. The van der Waals surface area contributed by atoms with Gasteiger partial charge in [0, 0.05) is 7.11 Å². The third-order valence-corrected chi connectivity index (χ3v) is 2.94. The van der Waals surface area contributed by atoms with Crippen LogP contribution in [0.15, 0.2) is 12.2 Å². The van der Waals surface area contributed by atoms with E-state index in [1.807, 2.05) is 0 Å². The molecular weight excluding hydrogens is 190 g/mol. The van der Waals surface area contributed by atoms with Crippen LogP contribution in [0.4, 0.5) is 0 Å². The number of hydrogen-bond acceptors (Lipinski definition) is 3. The topological polar surface area (TPSA) is 32.7 Å². The normalized spacial score (nSPS) is 22.3. The molecule has 1 atom stereocenters. The molecule has 0 bridgehead atoms. The molecule has 1 unspecified atom stereocenters. The van der Waals surface area contributed by atoms with E-state index in [1.165, 1.54) is 25.9 Å². The summed E-state index contributed by atoms with van der Waals surface area (Å²) in [6.07, 6.45) is 7.20. The number of aliphatic hydroxyl groups excluding tert-OH is 1. The second-order valence-electron chi connectivity index (χ2n) is 4.41. The molecule has 1 fully saturated rings. The first-order valence-corrected chi connectivity index (χ1v) is 5.74. The number of aliphatic hydroxyl groups is 1. The van der Waals surface area contributed by atoms with Crippen molar-refractivity contribution in [3.05, 3.63) is 12.2 Å². The smallest absolute Gasteiger partial charge is 0.0807 e. The molecule has 0 spiro atoms. The van der Waals surface area contributed by atoms with Crippen LogP contribution in [0.3, 0.4) is 0 Å². The average Bonchev–Trinajstić information content (AvgIpc) is 2.21. The monoisotopic (exact) mass is 213 g/mol. The summed E-state index contributed by atoms with van der Waals surface area (Å²) < 4.78 is 4.87. The summed E-state index contributed by atoms with van der Waals surface area (Å²) >= 11 is 0. The summed E-state index contributed by atoms with van der Waals surface area (Å²) in [5.74, 6) is 0.705. The van der Waals surface area contributed by atoms with E-state index in [0.717, 1.165) is 0 Å². The van der Waals surface area contributed by atoms with E-state index < -0.39 is 0 Å². The Labute approximate surface area is 92.7 Å². The van der Waals surface area contributed by atoms with Gasteiger partial charge in [-0.1, -0.05) is 12.2 Å². The maximum atomic E-state index is 9.44. The molecule has 1 heterocycles. The predicted molar refractivity (Wildman–Crippen MR) is 61.9 cm³/mol. The summed E-state index contributed by atoms with van der Waals surface area (Å²) in [4.78, 5) is 2.37. The van der Waals surface area contributed by atoms with Gasteiger partial charge in [-0.25, -0.2) is 0 Å². The summed E-state index contributed by atoms with van der Waals surface area (Å²) in [7, 11) is 3.78. The fourth-order valence-electron chi connectivity index (χ4n) is 1.91. The van der Waals surface area contributed by atoms with Gasteiger partial charge in [-0.15, -0.1) is 0 Å². The molecule has 1 rings (SSSR count). The van der Waals surface area contributed by atoms with Crippen LogP contribution < -0.4 is 0 Å². The fourth-order valence-corrected chi connectivity index (χ4v) is 1.91. The molecule has 1 N–H and O–H groups in total. The number of nitrogens with zero attached hydrogens (tertiary/aromatic N) is 1. The first-order chi connectivity index (χ1) is 7.22. The molecule has 3 heteroatoms. The zero-order valence-corrected chi connectivity index (χ0v) is 9.85. The summed E-state index contributed by atoms with van der Waals surface area (Å²) in [5.41, 5.74) is 0. The fraction of sp³-hybridized carbons (Fsp3) is 0.833. The van der Waals surface area contributed by atoms with E-state index in [9.17, 15) is 5.11 Å². The molecule has 0 saturated carbocycles. The van der Waals surface area contributed by atoms with Crippen LogP contribution in [0, 0.1) is 5.92 Å². The number of piperidine rings is 1. The predicted octanol–water partition coefficient (Wildman–Crippen LogP) is 1.28. The number of hydrogen-bond donors (Lipinski definition) is 1. The Balaban J connectivity index is 2.14. The molecule has 1 saturated heterocycles. The lowest BCUT2D eigenvalue weighted by atomic mass is 9.96. The van der Waals surface area contributed by atoms with E-state index in [4.69, 9.17) is 4.74 Å². The van der Waals surface area contributed by atoms with Gasteiger partial charge in [0.15, 0.2) is 0 Å².